The fourth-order valence-corrected chi connectivity index (χ4v) is 6.55. The van der Waals surface area contributed by atoms with E-state index in [0.29, 0.717) is 30.9 Å². The van der Waals surface area contributed by atoms with Crippen LogP contribution in [-0.2, 0) is 31.2 Å². The number of carboxylic acid groups (broad SMARTS) is 1. The first kappa shape index (κ1) is 20.8. The first-order valence-corrected chi connectivity index (χ1v) is 12.2. The van der Waals surface area contributed by atoms with Gasteiger partial charge in [-0.1, -0.05) is 0 Å². The second-order valence-corrected chi connectivity index (χ2v) is 10.8. The average molecular weight is 453 g/mol. The maximum Gasteiger partial charge on any atom is 0.335 e. The van der Waals surface area contributed by atoms with Crippen LogP contribution in [0.2, 0.25) is 0 Å². The lowest BCUT2D eigenvalue weighted by Gasteiger charge is -2.26. The second-order valence-electron chi connectivity index (χ2n) is 6.96. The van der Waals surface area contributed by atoms with Crippen LogP contribution in [0.3, 0.4) is 0 Å². The molecule has 0 unspecified atom stereocenters. The highest BCUT2D eigenvalue weighted by Gasteiger charge is 2.33. The van der Waals surface area contributed by atoms with Gasteiger partial charge in [-0.3, -0.25) is 4.31 Å². The van der Waals surface area contributed by atoms with Crippen LogP contribution in [0.25, 0.3) is 0 Å². The highest BCUT2D eigenvalue weighted by molar-refractivity contribution is 7.92. The summed E-state index contributed by atoms with van der Waals surface area (Å²) in [4.78, 5) is 11.1. The molecule has 0 atom stereocenters. The van der Waals surface area contributed by atoms with Crippen molar-refractivity contribution in [1.82, 2.24) is 4.31 Å². The summed E-state index contributed by atoms with van der Waals surface area (Å²) in [6, 6.07) is 9.46. The van der Waals surface area contributed by atoms with Crippen molar-refractivity contribution in [2.45, 2.75) is 16.2 Å². The highest BCUT2D eigenvalue weighted by atomic mass is 32.2. The first-order valence-electron chi connectivity index (χ1n) is 9.28. The van der Waals surface area contributed by atoms with E-state index in [4.69, 9.17) is 9.84 Å². The minimum Gasteiger partial charge on any atom is -0.478 e. The fourth-order valence-electron chi connectivity index (χ4n) is 3.59. The molecule has 0 bridgehead atoms. The van der Waals surface area contributed by atoms with E-state index in [1.165, 1.54) is 51.1 Å². The molecule has 2 aliphatic rings. The SMILES string of the molecule is O=C(O)c1ccc(S(=O)(=O)N2CCc3cc(S(=O)(=O)N4CCOCC4)ccc32)cc1. The third-order valence-corrected chi connectivity index (χ3v) is 8.92. The van der Waals surface area contributed by atoms with E-state index >= 15 is 0 Å². The summed E-state index contributed by atoms with van der Waals surface area (Å²) in [6.45, 7) is 1.44. The summed E-state index contributed by atoms with van der Waals surface area (Å²) >= 11 is 0. The number of hydrogen-bond donors (Lipinski definition) is 1. The smallest absolute Gasteiger partial charge is 0.335 e. The van der Waals surface area contributed by atoms with Gasteiger partial charge < -0.3 is 9.84 Å². The number of ether oxygens (including phenoxy) is 1. The van der Waals surface area contributed by atoms with Gasteiger partial charge in [0.25, 0.3) is 10.0 Å². The molecule has 30 heavy (non-hydrogen) atoms. The maximum absolute atomic E-state index is 13.0. The van der Waals surface area contributed by atoms with E-state index in [9.17, 15) is 21.6 Å². The molecule has 2 aromatic carbocycles. The van der Waals surface area contributed by atoms with Crippen LogP contribution in [0.15, 0.2) is 52.3 Å². The molecule has 0 aromatic heterocycles. The molecule has 0 spiro atoms. The summed E-state index contributed by atoms with van der Waals surface area (Å²) in [5, 5.41) is 8.99. The Balaban J connectivity index is 1.64. The van der Waals surface area contributed by atoms with Crippen LogP contribution in [0.4, 0.5) is 5.69 Å². The minimum absolute atomic E-state index is 0.00580. The van der Waals surface area contributed by atoms with Gasteiger partial charge >= 0.3 is 5.97 Å². The van der Waals surface area contributed by atoms with E-state index in [-0.39, 0.29) is 35.0 Å². The lowest BCUT2D eigenvalue weighted by molar-refractivity contribution is 0.0696. The Morgan fingerprint density at radius 2 is 1.50 bits per heavy atom. The number of rotatable bonds is 5. The molecule has 9 nitrogen and oxygen atoms in total. The van der Waals surface area contributed by atoms with Gasteiger partial charge in [-0.2, -0.15) is 4.31 Å². The molecule has 4 rings (SSSR count). The number of carboxylic acids is 1. The van der Waals surface area contributed by atoms with Gasteiger partial charge in [-0.25, -0.2) is 21.6 Å². The summed E-state index contributed by atoms with van der Waals surface area (Å²) < 4.78 is 59.6. The van der Waals surface area contributed by atoms with Crippen LogP contribution in [0.1, 0.15) is 15.9 Å². The van der Waals surface area contributed by atoms with Crippen molar-refractivity contribution in [2.75, 3.05) is 37.2 Å². The first-order chi connectivity index (χ1) is 14.2. The molecule has 1 saturated heterocycles. The van der Waals surface area contributed by atoms with Crippen LogP contribution in [0.5, 0.6) is 0 Å². The Kier molecular flexibility index (Phi) is 5.30. The van der Waals surface area contributed by atoms with E-state index < -0.39 is 26.0 Å². The molecule has 0 amide bonds. The van der Waals surface area contributed by atoms with E-state index in [0.717, 1.165) is 0 Å². The number of morpholine rings is 1. The largest absolute Gasteiger partial charge is 0.478 e. The minimum atomic E-state index is -3.90. The van der Waals surface area contributed by atoms with Gasteiger partial charge in [0, 0.05) is 19.6 Å². The van der Waals surface area contributed by atoms with Gasteiger partial charge in [0.1, 0.15) is 0 Å². The lowest BCUT2D eigenvalue weighted by Crippen LogP contribution is -2.40. The molecule has 2 heterocycles. The fraction of sp³-hybridized carbons (Fsp3) is 0.316. The van der Waals surface area contributed by atoms with Crippen LogP contribution < -0.4 is 4.31 Å². The maximum atomic E-state index is 13.0. The number of fused-ring (bicyclic) bond motifs is 1. The van der Waals surface area contributed by atoms with Crippen molar-refractivity contribution in [1.29, 1.82) is 0 Å². The zero-order valence-electron chi connectivity index (χ0n) is 15.9. The topological polar surface area (TPSA) is 121 Å². The molecular weight excluding hydrogens is 432 g/mol. The number of benzene rings is 2. The van der Waals surface area contributed by atoms with Crippen LogP contribution in [-0.4, -0.2) is 65.1 Å². The molecule has 2 aliphatic heterocycles. The molecule has 160 valence electrons. The number of sulfonamides is 2. The molecule has 0 saturated carbocycles. The number of hydrogen-bond acceptors (Lipinski definition) is 6. The molecule has 11 heteroatoms. The second kappa shape index (κ2) is 7.65. The molecule has 1 N–H and O–H groups in total. The molecule has 2 aromatic rings. The Morgan fingerprint density at radius 1 is 0.867 bits per heavy atom. The Hall–Kier alpha value is -2.47. The summed E-state index contributed by atoms with van der Waals surface area (Å²) in [7, 11) is -7.57. The molecule has 0 radical (unpaired) electrons. The molecular formula is C19H20N2O7S2. The predicted molar refractivity (Wildman–Crippen MR) is 108 cm³/mol. The highest BCUT2D eigenvalue weighted by Crippen LogP contribution is 2.35. The van der Waals surface area contributed by atoms with Gasteiger partial charge in [-0.15, -0.1) is 0 Å². The van der Waals surface area contributed by atoms with Gasteiger partial charge in [-0.05, 0) is 54.4 Å². The Labute approximate surface area is 174 Å². The number of carbonyl (C=O) groups is 1. The third-order valence-electron chi connectivity index (χ3n) is 5.20. The quantitative estimate of drug-likeness (QED) is 0.722. The van der Waals surface area contributed by atoms with E-state index in [1.807, 2.05) is 0 Å². The summed E-state index contributed by atoms with van der Waals surface area (Å²) in [5.74, 6) is -1.14. The van der Waals surface area contributed by atoms with E-state index in [1.54, 1.807) is 0 Å². The van der Waals surface area contributed by atoms with Crippen molar-refractivity contribution in [3.63, 3.8) is 0 Å². The van der Waals surface area contributed by atoms with Gasteiger partial charge in [0.05, 0.1) is 34.3 Å². The predicted octanol–water partition coefficient (Wildman–Crippen LogP) is 1.16. The Bertz CT molecular complexity index is 1190. The Morgan fingerprint density at radius 3 is 2.13 bits per heavy atom. The summed E-state index contributed by atoms with van der Waals surface area (Å²) in [6.07, 6.45) is 0.383. The molecule has 0 aliphatic carbocycles. The summed E-state index contributed by atoms with van der Waals surface area (Å²) in [5.41, 5.74) is 1.06. The van der Waals surface area contributed by atoms with Gasteiger partial charge in [0.2, 0.25) is 10.0 Å². The number of nitrogens with zero attached hydrogens (tertiary/aromatic N) is 2. The lowest BCUT2D eigenvalue weighted by atomic mass is 10.2. The van der Waals surface area contributed by atoms with Crippen molar-refractivity contribution in [3.05, 3.63) is 53.6 Å². The average Bonchev–Trinajstić information content (AvgIpc) is 3.18. The normalized spacial score (nSPS) is 17.7. The third kappa shape index (κ3) is 3.58. The van der Waals surface area contributed by atoms with Crippen molar-refractivity contribution in [2.24, 2.45) is 0 Å². The van der Waals surface area contributed by atoms with E-state index in [2.05, 4.69) is 0 Å². The standard InChI is InChI=1S/C19H20N2O7S2/c22-19(23)14-1-3-16(4-2-14)30(26,27)21-8-7-15-13-17(5-6-18(15)21)29(24,25)20-9-11-28-12-10-20/h1-6,13H,7-12H2,(H,22,23). The zero-order valence-corrected chi connectivity index (χ0v) is 17.5. The monoisotopic (exact) mass is 452 g/mol. The number of aromatic carboxylic acids is 1. The van der Waals surface area contributed by atoms with Crippen molar-refractivity contribution >= 4 is 31.7 Å². The van der Waals surface area contributed by atoms with Crippen LogP contribution >= 0.6 is 0 Å². The van der Waals surface area contributed by atoms with Crippen LogP contribution in [0, 0.1) is 0 Å². The van der Waals surface area contributed by atoms with Crippen molar-refractivity contribution < 1.29 is 31.5 Å². The van der Waals surface area contributed by atoms with Crippen molar-refractivity contribution in [3.8, 4) is 0 Å². The molecule has 1 fully saturated rings. The van der Waals surface area contributed by atoms with Gasteiger partial charge in [0.15, 0.2) is 0 Å². The number of anilines is 1. The zero-order chi connectivity index (χ0) is 21.5.